The first-order chi connectivity index (χ1) is 16.5. The molecule has 6 N–H and O–H groups in total. The summed E-state index contributed by atoms with van der Waals surface area (Å²) < 4.78 is 0. The molecule has 188 valence electrons. The molecule has 1 aromatic carbocycles. The number of Topliss-reactive ketones (excluding diaryl/α,β-unsaturated/α-hetero) is 2. The number of hydrogen-bond donors (Lipinski definition) is 5. The van der Waals surface area contributed by atoms with Crippen molar-refractivity contribution in [1.82, 2.24) is 4.90 Å². The van der Waals surface area contributed by atoms with Crippen LogP contribution in [0.3, 0.4) is 0 Å². The van der Waals surface area contributed by atoms with Gasteiger partial charge in [-0.2, -0.15) is 0 Å². The van der Waals surface area contributed by atoms with E-state index in [0.29, 0.717) is 12.0 Å². The van der Waals surface area contributed by atoms with E-state index in [1.807, 2.05) is 6.07 Å². The number of benzene rings is 1. The van der Waals surface area contributed by atoms with Crippen LogP contribution < -0.4 is 5.73 Å². The zero-order valence-electron chi connectivity index (χ0n) is 20.2. The minimum atomic E-state index is -2.61. The molecule has 0 bridgehead atoms. The van der Waals surface area contributed by atoms with Gasteiger partial charge in [-0.25, -0.2) is 0 Å². The van der Waals surface area contributed by atoms with Gasteiger partial charge in [0, 0.05) is 11.5 Å². The van der Waals surface area contributed by atoms with Crippen LogP contribution in [0, 0.1) is 11.8 Å². The second-order valence-corrected chi connectivity index (χ2v) is 10.0. The van der Waals surface area contributed by atoms with Gasteiger partial charge in [-0.3, -0.25) is 19.3 Å². The predicted octanol–water partition coefficient (Wildman–Crippen LogP) is 1.85. The summed E-state index contributed by atoms with van der Waals surface area (Å²) in [6, 6.07) is 2.27. The van der Waals surface area contributed by atoms with Crippen molar-refractivity contribution in [3.05, 3.63) is 51.5 Å². The van der Waals surface area contributed by atoms with Crippen molar-refractivity contribution in [3.63, 3.8) is 0 Å². The summed E-state index contributed by atoms with van der Waals surface area (Å²) in [4.78, 5) is 40.4. The number of fused-ring (bicyclic) bond motifs is 3. The van der Waals surface area contributed by atoms with Crippen molar-refractivity contribution in [2.45, 2.75) is 57.1 Å². The molecule has 0 aromatic heterocycles. The van der Waals surface area contributed by atoms with Gasteiger partial charge in [-0.15, -0.1) is 0 Å². The van der Waals surface area contributed by atoms with Crippen LogP contribution in [-0.2, 0) is 22.4 Å². The van der Waals surface area contributed by atoms with Crippen LogP contribution in [0.2, 0.25) is 0 Å². The molecule has 0 heterocycles. The number of allylic oxidation sites excluding steroid dienone is 1. The molecule has 0 unspecified atom stereocenters. The summed E-state index contributed by atoms with van der Waals surface area (Å²) in [5.41, 5.74) is 3.51. The molecule has 0 saturated carbocycles. The third-order valence-electron chi connectivity index (χ3n) is 7.75. The Kier molecular flexibility index (Phi) is 6.27. The number of hydrogen-bond acceptors (Lipinski definition) is 8. The van der Waals surface area contributed by atoms with Gasteiger partial charge in [0.2, 0.25) is 5.78 Å². The lowest BCUT2D eigenvalue weighted by Crippen LogP contribution is -2.63. The summed E-state index contributed by atoms with van der Waals surface area (Å²) in [5.74, 6) is -6.32. The van der Waals surface area contributed by atoms with Crippen molar-refractivity contribution >= 4 is 17.5 Å². The number of ketones is 2. The third-order valence-corrected chi connectivity index (χ3v) is 7.75. The minimum Gasteiger partial charge on any atom is -0.510 e. The van der Waals surface area contributed by atoms with Crippen molar-refractivity contribution in [1.29, 1.82) is 0 Å². The number of primary amides is 1. The van der Waals surface area contributed by atoms with Crippen LogP contribution in [0.15, 0.2) is 34.8 Å². The third kappa shape index (κ3) is 3.56. The number of carbonyl (C=O) groups is 3. The number of nitrogens with two attached hydrogens (primary N) is 1. The lowest BCUT2D eigenvalue weighted by atomic mass is 9.58. The van der Waals surface area contributed by atoms with Gasteiger partial charge in [-0.05, 0) is 62.9 Å². The Hall–Kier alpha value is -3.17. The molecule has 3 aliphatic carbocycles. The number of carbonyl (C=O) groups excluding carboxylic acids is 3. The maximum Gasteiger partial charge on any atom is 0.255 e. The number of aromatic hydroxyl groups is 1. The van der Waals surface area contributed by atoms with Gasteiger partial charge < -0.3 is 26.2 Å². The molecular formula is C26H32N2O7. The minimum absolute atomic E-state index is 0.0692. The van der Waals surface area contributed by atoms with Gasteiger partial charge in [0.25, 0.3) is 5.91 Å². The zero-order valence-corrected chi connectivity index (χ0v) is 20.2. The molecule has 0 radical (unpaired) electrons. The fourth-order valence-corrected chi connectivity index (χ4v) is 6.11. The Morgan fingerprint density at radius 3 is 2.46 bits per heavy atom. The summed E-state index contributed by atoms with van der Waals surface area (Å²) >= 11 is 0. The smallest absolute Gasteiger partial charge is 0.255 e. The number of aryl methyl sites for hydroxylation is 1. The highest BCUT2D eigenvalue weighted by molar-refractivity contribution is 6.24. The van der Waals surface area contributed by atoms with Crippen LogP contribution in [0.1, 0.15) is 54.1 Å². The molecule has 0 aliphatic heterocycles. The van der Waals surface area contributed by atoms with Crippen LogP contribution in [0.5, 0.6) is 5.75 Å². The van der Waals surface area contributed by atoms with E-state index >= 15 is 0 Å². The van der Waals surface area contributed by atoms with Crippen LogP contribution in [0.4, 0.5) is 0 Å². The van der Waals surface area contributed by atoms with Gasteiger partial charge >= 0.3 is 0 Å². The van der Waals surface area contributed by atoms with E-state index < -0.39 is 58.0 Å². The number of aliphatic hydroxyl groups is 3. The quantitative estimate of drug-likeness (QED) is 0.302. The Morgan fingerprint density at radius 2 is 1.86 bits per heavy atom. The first-order valence-corrected chi connectivity index (χ1v) is 11.9. The molecule has 3 aliphatic rings. The molecule has 1 aromatic rings. The Labute approximate surface area is 203 Å². The van der Waals surface area contributed by atoms with Crippen LogP contribution in [-0.4, -0.2) is 68.5 Å². The second kappa shape index (κ2) is 8.80. The lowest BCUT2D eigenvalue weighted by molar-refractivity contribution is -0.148. The SMILES string of the molecule is CCCCCc1ccc(O)c2c1C[C@@H]1C[C@@H]3[C@@H](N(C)C)C(O)=C(C(N)=O)C(=O)[C@]3(O)C(O)=C1C2=O. The lowest BCUT2D eigenvalue weighted by Gasteiger charge is -2.50. The van der Waals surface area contributed by atoms with Crippen molar-refractivity contribution in [2.75, 3.05) is 14.1 Å². The largest absolute Gasteiger partial charge is 0.510 e. The van der Waals surface area contributed by atoms with E-state index in [1.165, 1.54) is 6.07 Å². The van der Waals surface area contributed by atoms with Crippen molar-refractivity contribution in [2.24, 2.45) is 17.6 Å². The fourth-order valence-electron chi connectivity index (χ4n) is 6.11. The van der Waals surface area contributed by atoms with E-state index in [2.05, 4.69) is 6.92 Å². The van der Waals surface area contributed by atoms with E-state index in [4.69, 9.17) is 5.73 Å². The molecule has 1 amide bonds. The van der Waals surface area contributed by atoms with E-state index in [1.54, 1.807) is 19.0 Å². The average molecular weight is 485 g/mol. The number of amides is 1. The van der Waals surface area contributed by atoms with Crippen molar-refractivity contribution in [3.8, 4) is 5.75 Å². The molecule has 35 heavy (non-hydrogen) atoms. The molecule has 9 heteroatoms. The van der Waals surface area contributed by atoms with Gasteiger partial charge in [-0.1, -0.05) is 25.8 Å². The standard InChI is InChI=1S/C26H32N2O7/c1-4-5-6-7-12-8-9-16(29)18-14(12)10-13-11-15-20(28(2)3)22(31)19(25(27)34)24(33)26(15,35)23(32)17(13)21(18)30/h8-9,13,15,20,29,31-32,35H,4-7,10-11H2,1-3H3,(H2,27,34)/t13-,15-,20-,26-/m1/s1. The second-order valence-electron chi connectivity index (χ2n) is 10.0. The first kappa shape index (κ1) is 24.9. The number of nitrogens with zero attached hydrogens (tertiary/aromatic N) is 1. The van der Waals surface area contributed by atoms with E-state index in [0.717, 1.165) is 31.2 Å². The highest BCUT2D eigenvalue weighted by Crippen LogP contribution is 2.52. The Bertz CT molecular complexity index is 1180. The molecule has 4 rings (SSSR count). The highest BCUT2D eigenvalue weighted by Gasteiger charge is 2.63. The summed E-state index contributed by atoms with van der Waals surface area (Å²) in [5, 5.41) is 44.2. The predicted molar refractivity (Wildman–Crippen MR) is 127 cm³/mol. The molecule has 4 atom stereocenters. The van der Waals surface area contributed by atoms with E-state index in [9.17, 15) is 34.8 Å². The Balaban J connectivity index is 1.89. The summed E-state index contributed by atoms with van der Waals surface area (Å²) in [6.45, 7) is 2.10. The van der Waals surface area contributed by atoms with Crippen LogP contribution in [0.25, 0.3) is 0 Å². The zero-order chi connectivity index (χ0) is 25.8. The highest BCUT2D eigenvalue weighted by atomic mass is 16.3. The molecule has 0 spiro atoms. The van der Waals surface area contributed by atoms with Gasteiger partial charge in [0.1, 0.15) is 22.8 Å². The number of aliphatic hydroxyl groups excluding tert-OH is 2. The number of unbranched alkanes of at least 4 members (excludes halogenated alkanes) is 2. The number of phenols is 1. The number of rotatable bonds is 6. The molecule has 0 fully saturated rings. The molecule has 9 nitrogen and oxygen atoms in total. The van der Waals surface area contributed by atoms with Crippen molar-refractivity contribution < 1.29 is 34.8 Å². The fraction of sp³-hybridized carbons (Fsp3) is 0.500. The Morgan fingerprint density at radius 1 is 1.17 bits per heavy atom. The number of likely N-dealkylation sites (N-methyl/N-ethyl adjacent to an activating group) is 1. The van der Waals surface area contributed by atoms with Crippen LogP contribution >= 0.6 is 0 Å². The summed E-state index contributed by atoms with van der Waals surface area (Å²) in [7, 11) is 3.22. The maximum atomic E-state index is 13.6. The summed E-state index contributed by atoms with van der Waals surface area (Å²) in [6.07, 6.45) is 4.13. The topological polar surface area (TPSA) is 161 Å². The van der Waals surface area contributed by atoms with E-state index in [-0.39, 0.29) is 23.3 Å². The first-order valence-electron chi connectivity index (χ1n) is 11.9. The monoisotopic (exact) mass is 484 g/mol. The van der Waals surface area contributed by atoms with Gasteiger partial charge in [0.05, 0.1) is 11.6 Å². The number of phenolic OH excluding ortho intramolecular Hbond substituents is 1. The maximum absolute atomic E-state index is 13.6. The average Bonchev–Trinajstić information content (AvgIpc) is 2.77. The normalized spacial score (nSPS) is 28.2. The van der Waals surface area contributed by atoms with Gasteiger partial charge in [0.15, 0.2) is 11.4 Å². The molecular weight excluding hydrogens is 452 g/mol. The molecule has 0 saturated heterocycles.